The highest BCUT2D eigenvalue weighted by Crippen LogP contribution is 2.22. The summed E-state index contributed by atoms with van der Waals surface area (Å²) >= 11 is 0. The summed E-state index contributed by atoms with van der Waals surface area (Å²) in [5.74, 6) is 1.90. The Morgan fingerprint density at radius 1 is 1.00 bits per heavy atom. The fourth-order valence-electron chi connectivity index (χ4n) is 4.05. The molecule has 2 aliphatic rings. The van der Waals surface area contributed by atoms with E-state index in [9.17, 15) is 0 Å². The van der Waals surface area contributed by atoms with Crippen molar-refractivity contribution in [1.29, 1.82) is 0 Å². The third kappa shape index (κ3) is 10.3. The van der Waals surface area contributed by atoms with Crippen molar-refractivity contribution in [3.63, 3.8) is 0 Å². The highest BCUT2D eigenvalue weighted by molar-refractivity contribution is 14.0. The van der Waals surface area contributed by atoms with Gasteiger partial charge in [-0.2, -0.15) is 0 Å². The van der Waals surface area contributed by atoms with E-state index in [0.29, 0.717) is 6.10 Å². The minimum Gasteiger partial charge on any atom is -0.385 e. The number of hydrogen-bond donors (Lipinski definition) is 1. The third-order valence-corrected chi connectivity index (χ3v) is 5.65. The van der Waals surface area contributed by atoms with Gasteiger partial charge in [0.05, 0.1) is 6.10 Å². The number of nitrogens with zero attached hydrogens (tertiary/aromatic N) is 2. The summed E-state index contributed by atoms with van der Waals surface area (Å²) in [6, 6.07) is 0. The van der Waals surface area contributed by atoms with Gasteiger partial charge in [-0.15, -0.1) is 24.0 Å². The topological polar surface area (TPSA) is 46.1 Å². The van der Waals surface area contributed by atoms with E-state index in [4.69, 9.17) is 14.5 Å². The van der Waals surface area contributed by atoms with Crippen molar-refractivity contribution in [2.24, 2.45) is 10.9 Å². The maximum absolute atomic E-state index is 5.99. The fourth-order valence-corrected chi connectivity index (χ4v) is 4.05. The van der Waals surface area contributed by atoms with Crippen molar-refractivity contribution in [2.45, 2.75) is 77.2 Å². The molecule has 0 aromatic rings. The Morgan fingerprint density at radius 3 is 2.30 bits per heavy atom. The van der Waals surface area contributed by atoms with Crippen molar-refractivity contribution < 1.29 is 9.47 Å². The second-order valence-electron chi connectivity index (χ2n) is 7.81. The predicted octanol–water partition coefficient (Wildman–Crippen LogP) is 4.45. The molecule has 0 aromatic heterocycles. The number of methoxy groups -OCH3 is 1. The lowest BCUT2D eigenvalue weighted by Gasteiger charge is -2.34. The first-order valence-electron chi connectivity index (χ1n) is 11.0. The van der Waals surface area contributed by atoms with Gasteiger partial charge in [0.2, 0.25) is 0 Å². The van der Waals surface area contributed by atoms with Crippen LogP contribution in [0, 0.1) is 5.92 Å². The second kappa shape index (κ2) is 15.8. The zero-order chi connectivity index (χ0) is 18.5. The number of ether oxygens (including phenoxy) is 2. The lowest BCUT2D eigenvalue weighted by Crippen LogP contribution is -2.47. The lowest BCUT2D eigenvalue weighted by molar-refractivity contribution is 0.00989. The molecular weight excluding hydrogens is 453 g/mol. The molecule has 0 bridgehead atoms. The first-order chi connectivity index (χ1) is 12.8. The van der Waals surface area contributed by atoms with Crippen LogP contribution in [0.3, 0.4) is 0 Å². The molecule has 160 valence electrons. The highest BCUT2D eigenvalue weighted by Gasteiger charge is 2.22. The number of piperidine rings is 1. The van der Waals surface area contributed by atoms with Gasteiger partial charge in [-0.1, -0.05) is 32.1 Å². The molecule has 0 radical (unpaired) electrons. The molecule has 1 aliphatic heterocycles. The van der Waals surface area contributed by atoms with E-state index in [0.717, 1.165) is 70.5 Å². The van der Waals surface area contributed by atoms with E-state index in [1.807, 2.05) is 0 Å². The molecule has 0 spiro atoms. The van der Waals surface area contributed by atoms with Crippen LogP contribution in [0.4, 0.5) is 0 Å². The fraction of sp³-hybridized carbons (Fsp3) is 0.952. The van der Waals surface area contributed by atoms with Crippen LogP contribution in [-0.2, 0) is 9.47 Å². The van der Waals surface area contributed by atoms with Crippen LogP contribution in [0.1, 0.15) is 71.1 Å². The largest absolute Gasteiger partial charge is 0.385 e. The van der Waals surface area contributed by atoms with E-state index in [-0.39, 0.29) is 24.0 Å². The van der Waals surface area contributed by atoms with Crippen LogP contribution >= 0.6 is 24.0 Å². The second-order valence-corrected chi connectivity index (χ2v) is 7.81. The molecule has 27 heavy (non-hydrogen) atoms. The molecule has 0 aromatic carbocycles. The first-order valence-corrected chi connectivity index (χ1v) is 11.0. The molecule has 1 saturated heterocycles. The normalized spacial score (nSPS) is 20.7. The number of hydrogen-bond acceptors (Lipinski definition) is 3. The van der Waals surface area contributed by atoms with Gasteiger partial charge in [-0.3, -0.25) is 4.99 Å². The van der Waals surface area contributed by atoms with E-state index >= 15 is 0 Å². The van der Waals surface area contributed by atoms with Crippen molar-refractivity contribution in [3.8, 4) is 0 Å². The van der Waals surface area contributed by atoms with Gasteiger partial charge in [0.25, 0.3) is 0 Å². The maximum atomic E-state index is 5.99. The van der Waals surface area contributed by atoms with Gasteiger partial charge in [0, 0.05) is 46.5 Å². The molecule has 0 unspecified atom stereocenters. The van der Waals surface area contributed by atoms with Gasteiger partial charge >= 0.3 is 0 Å². The molecule has 1 heterocycles. The zero-order valence-electron chi connectivity index (χ0n) is 17.6. The van der Waals surface area contributed by atoms with E-state index in [1.54, 1.807) is 7.11 Å². The Hall–Kier alpha value is -0.0800. The Bertz CT molecular complexity index is 380. The monoisotopic (exact) mass is 495 g/mol. The Kier molecular flexibility index (Phi) is 14.6. The van der Waals surface area contributed by atoms with Gasteiger partial charge < -0.3 is 19.7 Å². The SMILES string of the molecule is CCNC(=NCC1CCCCCCC1)N1CCC(OCCCOC)CC1.I. The summed E-state index contributed by atoms with van der Waals surface area (Å²) in [7, 11) is 1.75. The molecule has 2 fully saturated rings. The Labute approximate surface area is 184 Å². The molecule has 5 nitrogen and oxygen atoms in total. The average Bonchev–Trinajstić information content (AvgIpc) is 2.64. The maximum Gasteiger partial charge on any atom is 0.193 e. The molecule has 0 amide bonds. The summed E-state index contributed by atoms with van der Waals surface area (Å²) in [6.07, 6.45) is 13.4. The summed E-state index contributed by atoms with van der Waals surface area (Å²) in [4.78, 5) is 7.45. The number of nitrogens with one attached hydrogen (secondary N) is 1. The summed E-state index contributed by atoms with van der Waals surface area (Å²) < 4.78 is 11.1. The first kappa shape index (κ1) is 25.0. The zero-order valence-corrected chi connectivity index (χ0v) is 19.9. The molecule has 0 atom stereocenters. The number of guanidine groups is 1. The minimum absolute atomic E-state index is 0. The molecule has 1 N–H and O–H groups in total. The number of aliphatic imine (C=N–C) groups is 1. The number of rotatable bonds is 8. The number of halogens is 1. The Morgan fingerprint density at radius 2 is 1.67 bits per heavy atom. The van der Waals surface area contributed by atoms with Crippen LogP contribution in [0.2, 0.25) is 0 Å². The van der Waals surface area contributed by atoms with Gasteiger partial charge in [0.15, 0.2) is 5.96 Å². The standard InChI is InChI=1S/C21H41N3O2.HI/c1-3-22-21(23-18-19-10-7-5-4-6-8-11-19)24-14-12-20(13-15-24)26-17-9-16-25-2;/h19-20H,3-18H2,1-2H3,(H,22,23);1H. The van der Waals surface area contributed by atoms with Crippen molar-refractivity contribution >= 4 is 29.9 Å². The van der Waals surface area contributed by atoms with E-state index in [1.165, 1.54) is 44.9 Å². The predicted molar refractivity (Wildman–Crippen MR) is 124 cm³/mol. The highest BCUT2D eigenvalue weighted by atomic mass is 127. The lowest BCUT2D eigenvalue weighted by atomic mass is 9.91. The molecule has 1 aliphatic carbocycles. The van der Waals surface area contributed by atoms with Crippen LogP contribution < -0.4 is 5.32 Å². The average molecular weight is 495 g/mol. The quantitative estimate of drug-likeness (QED) is 0.234. The number of likely N-dealkylation sites (tertiary alicyclic amines) is 1. The van der Waals surface area contributed by atoms with Crippen molar-refractivity contribution in [1.82, 2.24) is 10.2 Å². The van der Waals surface area contributed by atoms with E-state index in [2.05, 4.69) is 17.1 Å². The summed E-state index contributed by atoms with van der Waals surface area (Å²) in [6.45, 7) is 7.80. The summed E-state index contributed by atoms with van der Waals surface area (Å²) in [5.41, 5.74) is 0. The summed E-state index contributed by atoms with van der Waals surface area (Å²) in [5, 5.41) is 3.51. The molecular formula is C21H42IN3O2. The van der Waals surface area contributed by atoms with Crippen molar-refractivity contribution in [3.05, 3.63) is 0 Å². The van der Waals surface area contributed by atoms with Crippen LogP contribution in [0.5, 0.6) is 0 Å². The Balaban J connectivity index is 0.00000364. The van der Waals surface area contributed by atoms with Gasteiger partial charge in [-0.05, 0) is 44.9 Å². The smallest absolute Gasteiger partial charge is 0.193 e. The van der Waals surface area contributed by atoms with Crippen LogP contribution in [0.25, 0.3) is 0 Å². The van der Waals surface area contributed by atoms with Crippen LogP contribution in [-0.4, -0.2) is 63.5 Å². The van der Waals surface area contributed by atoms with E-state index < -0.39 is 0 Å². The van der Waals surface area contributed by atoms with Crippen molar-refractivity contribution in [2.75, 3.05) is 46.5 Å². The molecule has 6 heteroatoms. The van der Waals surface area contributed by atoms with Crippen LogP contribution in [0.15, 0.2) is 4.99 Å². The third-order valence-electron chi connectivity index (χ3n) is 5.65. The molecule has 2 rings (SSSR count). The minimum atomic E-state index is 0. The molecule has 1 saturated carbocycles. The van der Waals surface area contributed by atoms with Gasteiger partial charge in [-0.25, -0.2) is 0 Å². The van der Waals surface area contributed by atoms with Gasteiger partial charge in [0.1, 0.15) is 0 Å².